The number of allylic oxidation sites excluding steroid dienone is 5. The molecular formula is C31H26. The van der Waals surface area contributed by atoms with Crippen LogP contribution in [-0.2, 0) is 6.42 Å². The molecule has 0 radical (unpaired) electrons. The highest BCUT2D eigenvalue weighted by molar-refractivity contribution is 6.25. The van der Waals surface area contributed by atoms with Gasteiger partial charge in [-0.3, -0.25) is 0 Å². The highest BCUT2D eigenvalue weighted by atomic mass is 14.4. The molecule has 0 amide bonds. The smallest absolute Gasteiger partial charge is 0.0359 e. The van der Waals surface area contributed by atoms with Gasteiger partial charge in [-0.05, 0) is 116 Å². The Hall–Kier alpha value is -3.12. The van der Waals surface area contributed by atoms with Gasteiger partial charge in [0.1, 0.15) is 0 Å². The second kappa shape index (κ2) is 5.77. The zero-order valence-electron chi connectivity index (χ0n) is 18.7. The maximum absolute atomic E-state index is 2.53. The molecule has 0 fully saturated rings. The average Bonchev–Trinajstić information content (AvgIpc) is 2.78. The van der Waals surface area contributed by atoms with Crippen molar-refractivity contribution in [3.05, 3.63) is 93.1 Å². The van der Waals surface area contributed by atoms with Crippen molar-refractivity contribution in [2.75, 3.05) is 0 Å². The summed E-state index contributed by atoms with van der Waals surface area (Å²) in [5, 5.41) is 8.82. The fourth-order valence-electron chi connectivity index (χ4n) is 6.72. The molecule has 7 rings (SSSR count). The summed E-state index contributed by atoms with van der Waals surface area (Å²) >= 11 is 0. The Balaban J connectivity index is 1.85. The third-order valence-corrected chi connectivity index (χ3v) is 8.17. The second-order valence-electron chi connectivity index (χ2n) is 9.67. The number of hydrogen-bond donors (Lipinski definition) is 0. The van der Waals surface area contributed by atoms with Crippen molar-refractivity contribution in [3.63, 3.8) is 0 Å². The monoisotopic (exact) mass is 398 g/mol. The van der Waals surface area contributed by atoms with Crippen LogP contribution >= 0.6 is 0 Å². The Labute approximate surface area is 183 Å². The quantitative estimate of drug-likeness (QED) is 0.235. The molecule has 0 saturated heterocycles. The summed E-state index contributed by atoms with van der Waals surface area (Å²) in [7, 11) is 0. The van der Waals surface area contributed by atoms with Crippen LogP contribution in [0.2, 0.25) is 0 Å². The molecule has 0 heteroatoms. The van der Waals surface area contributed by atoms with Gasteiger partial charge >= 0.3 is 0 Å². The third kappa shape index (κ3) is 1.97. The van der Waals surface area contributed by atoms with E-state index in [0.717, 1.165) is 6.42 Å². The van der Waals surface area contributed by atoms with Crippen molar-refractivity contribution in [2.45, 2.75) is 46.5 Å². The molecule has 3 aliphatic rings. The van der Waals surface area contributed by atoms with Gasteiger partial charge in [0.25, 0.3) is 0 Å². The van der Waals surface area contributed by atoms with Gasteiger partial charge in [0.05, 0.1) is 0 Å². The number of aryl methyl sites for hydroxylation is 4. The van der Waals surface area contributed by atoms with Gasteiger partial charge in [0, 0.05) is 5.92 Å². The van der Waals surface area contributed by atoms with Crippen molar-refractivity contribution in [2.24, 2.45) is 0 Å². The van der Waals surface area contributed by atoms with Crippen molar-refractivity contribution >= 4 is 44.0 Å². The van der Waals surface area contributed by atoms with E-state index < -0.39 is 0 Å². The SMILES string of the molecule is CCCc1cc2c3c(c1C)c(C)c(C)c1cc4cccc5c4c(c13)C1C(=C5)C=CC=C21. The Morgan fingerprint density at radius 2 is 1.74 bits per heavy atom. The van der Waals surface area contributed by atoms with E-state index in [9.17, 15) is 0 Å². The van der Waals surface area contributed by atoms with E-state index in [-0.39, 0.29) is 0 Å². The maximum atomic E-state index is 2.53. The molecule has 4 aromatic rings. The van der Waals surface area contributed by atoms with E-state index in [2.05, 4.69) is 82.3 Å². The zero-order chi connectivity index (χ0) is 21.0. The van der Waals surface area contributed by atoms with Crippen LogP contribution in [0.5, 0.6) is 0 Å². The van der Waals surface area contributed by atoms with Crippen molar-refractivity contribution in [3.8, 4) is 0 Å². The van der Waals surface area contributed by atoms with Crippen molar-refractivity contribution < 1.29 is 0 Å². The highest BCUT2D eigenvalue weighted by Gasteiger charge is 2.36. The van der Waals surface area contributed by atoms with Crippen LogP contribution < -0.4 is 0 Å². The van der Waals surface area contributed by atoms with Crippen LogP contribution in [0.4, 0.5) is 0 Å². The van der Waals surface area contributed by atoms with Crippen molar-refractivity contribution in [1.82, 2.24) is 0 Å². The first-order chi connectivity index (χ1) is 15.1. The fraction of sp³-hybridized carbons (Fsp3) is 0.226. The number of hydrogen-bond acceptors (Lipinski definition) is 0. The van der Waals surface area contributed by atoms with Gasteiger partial charge in [0.15, 0.2) is 0 Å². The summed E-state index contributed by atoms with van der Waals surface area (Å²) in [4.78, 5) is 0. The Bertz CT molecular complexity index is 1600. The molecule has 0 saturated carbocycles. The molecular weight excluding hydrogens is 372 g/mol. The van der Waals surface area contributed by atoms with E-state index in [0.29, 0.717) is 5.92 Å². The van der Waals surface area contributed by atoms with Gasteiger partial charge in [-0.2, -0.15) is 0 Å². The molecule has 150 valence electrons. The third-order valence-electron chi connectivity index (χ3n) is 8.17. The first-order valence-electron chi connectivity index (χ1n) is 11.6. The molecule has 4 aromatic carbocycles. The first kappa shape index (κ1) is 17.5. The van der Waals surface area contributed by atoms with E-state index in [4.69, 9.17) is 0 Å². The number of benzene rings is 4. The lowest BCUT2D eigenvalue weighted by molar-refractivity contribution is 0.913. The molecule has 0 aromatic heterocycles. The Kier molecular flexibility index (Phi) is 3.26. The van der Waals surface area contributed by atoms with Gasteiger partial charge in [0.2, 0.25) is 0 Å². The lowest BCUT2D eigenvalue weighted by Gasteiger charge is -2.37. The summed E-state index contributed by atoms with van der Waals surface area (Å²) in [6.07, 6.45) is 11.7. The summed E-state index contributed by atoms with van der Waals surface area (Å²) in [6, 6.07) is 11.8. The Morgan fingerprint density at radius 3 is 2.58 bits per heavy atom. The largest absolute Gasteiger partial charge is 0.0651 e. The van der Waals surface area contributed by atoms with Crippen LogP contribution in [0.1, 0.15) is 58.2 Å². The molecule has 0 spiro atoms. The average molecular weight is 399 g/mol. The predicted molar refractivity (Wildman–Crippen MR) is 135 cm³/mol. The Morgan fingerprint density at radius 1 is 0.871 bits per heavy atom. The second-order valence-corrected chi connectivity index (χ2v) is 9.67. The number of fused-ring (bicyclic) bond motifs is 1. The topological polar surface area (TPSA) is 0 Å². The maximum Gasteiger partial charge on any atom is 0.0359 e. The molecule has 0 aliphatic heterocycles. The highest BCUT2D eigenvalue weighted by Crippen LogP contribution is 2.57. The van der Waals surface area contributed by atoms with Crippen LogP contribution in [0, 0.1) is 20.8 Å². The summed E-state index contributed by atoms with van der Waals surface area (Å²) in [6.45, 7) is 9.33. The fourth-order valence-corrected chi connectivity index (χ4v) is 6.72. The molecule has 3 aliphatic carbocycles. The molecule has 1 atom stereocenters. The predicted octanol–water partition coefficient (Wildman–Crippen LogP) is 8.47. The van der Waals surface area contributed by atoms with Gasteiger partial charge < -0.3 is 0 Å². The molecule has 1 unspecified atom stereocenters. The van der Waals surface area contributed by atoms with Gasteiger partial charge in [-0.1, -0.05) is 61.9 Å². The van der Waals surface area contributed by atoms with Crippen LogP contribution in [0.15, 0.2) is 54.1 Å². The summed E-state index contributed by atoms with van der Waals surface area (Å²) in [5.41, 5.74) is 13.3. The van der Waals surface area contributed by atoms with Crippen LogP contribution in [-0.4, -0.2) is 0 Å². The molecule has 0 nitrogen and oxygen atoms in total. The van der Waals surface area contributed by atoms with E-state index in [1.807, 2.05) is 0 Å². The zero-order valence-corrected chi connectivity index (χ0v) is 18.7. The first-order valence-corrected chi connectivity index (χ1v) is 11.6. The van der Waals surface area contributed by atoms with Crippen LogP contribution in [0.25, 0.3) is 44.0 Å². The molecule has 0 bridgehead atoms. The lowest BCUT2D eigenvalue weighted by Crippen LogP contribution is -2.17. The minimum Gasteiger partial charge on any atom is -0.0651 e. The standard InChI is InChI=1S/C31H26/c1-5-8-19-14-25-23-12-7-11-21-13-20-9-6-10-22-15-24-16(2)17(3)26(18(19)4)30(25)29(24)31(27(20)22)28(21)23/h6-7,9-15,28H,5,8H2,1-4H3. The molecule has 0 N–H and O–H groups in total. The van der Waals surface area contributed by atoms with Gasteiger partial charge in [-0.25, -0.2) is 0 Å². The van der Waals surface area contributed by atoms with Crippen molar-refractivity contribution in [1.29, 1.82) is 0 Å². The normalized spacial score (nSPS) is 17.9. The number of rotatable bonds is 2. The minimum absolute atomic E-state index is 0.362. The van der Waals surface area contributed by atoms with E-state index in [1.54, 1.807) is 5.56 Å². The van der Waals surface area contributed by atoms with E-state index >= 15 is 0 Å². The minimum atomic E-state index is 0.362. The molecule has 0 heterocycles. The molecule has 31 heavy (non-hydrogen) atoms. The van der Waals surface area contributed by atoms with E-state index in [1.165, 1.54) is 83.3 Å². The van der Waals surface area contributed by atoms with Crippen LogP contribution in [0.3, 0.4) is 0 Å². The summed E-state index contributed by atoms with van der Waals surface area (Å²) in [5.74, 6) is 0.362. The summed E-state index contributed by atoms with van der Waals surface area (Å²) < 4.78 is 0. The lowest BCUT2D eigenvalue weighted by atomic mass is 9.66. The van der Waals surface area contributed by atoms with Gasteiger partial charge in [-0.15, -0.1) is 0 Å².